The van der Waals surface area contributed by atoms with Gasteiger partial charge >= 0.3 is 0 Å². The number of aryl methyl sites for hydroxylation is 1. The average molecular weight is 235 g/mol. The maximum Gasteiger partial charge on any atom is 0.224 e. The van der Waals surface area contributed by atoms with Crippen LogP contribution in [0.3, 0.4) is 0 Å². The number of likely N-dealkylation sites (tertiary alicyclic amines) is 1. The van der Waals surface area contributed by atoms with Crippen LogP contribution in [0, 0.1) is 0 Å². The van der Waals surface area contributed by atoms with E-state index in [4.69, 9.17) is 0 Å². The van der Waals surface area contributed by atoms with Gasteiger partial charge in [-0.1, -0.05) is 19.3 Å². The number of nitrogens with zero attached hydrogens (tertiary/aromatic N) is 3. The first-order valence-electron chi connectivity index (χ1n) is 6.60. The van der Waals surface area contributed by atoms with Crippen LogP contribution in [0.25, 0.3) is 0 Å². The van der Waals surface area contributed by atoms with E-state index in [1.165, 1.54) is 19.3 Å². The van der Waals surface area contributed by atoms with Gasteiger partial charge in [0.2, 0.25) is 5.91 Å². The smallest absolute Gasteiger partial charge is 0.224 e. The van der Waals surface area contributed by atoms with Crippen LogP contribution in [-0.4, -0.2) is 33.4 Å². The molecule has 1 aromatic heterocycles. The van der Waals surface area contributed by atoms with Crippen molar-refractivity contribution >= 4 is 5.91 Å². The summed E-state index contributed by atoms with van der Waals surface area (Å²) in [7, 11) is 0. The number of aromatic nitrogens is 2. The molecule has 0 saturated carbocycles. The standard InChI is InChI=1S/C13H21N3O/c17-13(6-10-15-11-7-14-12-15)16-8-4-2-1-3-5-9-16/h7,11-12H,1-6,8-10H2. The lowest BCUT2D eigenvalue weighted by atomic mass is 10.1. The van der Waals surface area contributed by atoms with Gasteiger partial charge in [-0.2, -0.15) is 0 Å². The molecule has 1 amide bonds. The summed E-state index contributed by atoms with van der Waals surface area (Å²) in [6.45, 7) is 2.64. The monoisotopic (exact) mass is 235 g/mol. The van der Waals surface area contributed by atoms with Crippen LogP contribution in [0.5, 0.6) is 0 Å². The van der Waals surface area contributed by atoms with Crippen LogP contribution >= 0.6 is 0 Å². The summed E-state index contributed by atoms with van der Waals surface area (Å²) < 4.78 is 1.96. The zero-order valence-electron chi connectivity index (χ0n) is 10.3. The van der Waals surface area contributed by atoms with Crippen LogP contribution in [0.2, 0.25) is 0 Å². The fraction of sp³-hybridized carbons (Fsp3) is 0.692. The highest BCUT2D eigenvalue weighted by Gasteiger charge is 2.14. The summed E-state index contributed by atoms with van der Waals surface area (Å²) in [4.78, 5) is 18.1. The van der Waals surface area contributed by atoms with E-state index in [0.29, 0.717) is 12.3 Å². The summed E-state index contributed by atoms with van der Waals surface area (Å²) in [5.41, 5.74) is 0. The number of amides is 1. The Bertz CT molecular complexity index is 326. The summed E-state index contributed by atoms with van der Waals surface area (Å²) in [6.07, 6.45) is 12.2. The molecule has 17 heavy (non-hydrogen) atoms. The highest BCUT2D eigenvalue weighted by atomic mass is 16.2. The zero-order chi connectivity index (χ0) is 11.9. The Kier molecular flexibility index (Phi) is 4.59. The van der Waals surface area contributed by atoms with Crippen molar-refractivity contribution in [2.75, 3.05) is 13.1 Å². The molecule has 1 saturated heterocycles. The Morgan fingerprint density at radius 1 is 1.12 bits per heavy atom. The van der Waals surface area contributed by atoms with Crippen molar-refractivity contribution in [2.45, 2.75) is 45.1 Å². The normalized spacial score (nSPS) is 17.5. The Balaban J connectivity index is 1.77. The van der Waals surface area contributed by atoms with Gasteiger partial charge in [-0.15, -0.1) is 0 Å². The average Bonchev–Trinajstić information content (AvgIpc) is 2.78. The number of carbonyl (C=O) groups is 1. The van der Waals surface area contributed by atoms with Crippen molar-refractivity contribution in [3.05, 3.63) is 18.7 Å². The van der Waals surface area contributed by atoms with Crippen molar-refractivity contribution < 1.29 is 4.79 Å². The molecule has 0 spiro atoms. The van der Waals surface area contributed by atoms with Crippen LogP contribution in [-0.2, 0) is 11.3 Å². The third-order valence-corrected chi connectivity index (χ3v) is 3.35. The molecular formula is C13H21N3O. The lowest BCUT2D eigenvalue weighted by Crippen LogP contribution is -2.34. The second-order valence-corrected chi connectivity index (χ2v) is 4.70. The van der Waals surface area contributed by atoms with Gasteiger partial charge in [0.05, 0.1) is 6.33 Å². The van der Waals surface area contributed by atoms with E-state index in [2.05, 4.69) is 4.98 Å². The number of imidazole rings is 1. The highest BCUT2D eigenvalue weighted by Crippen LogP contribution is 2.11. The van der Waals surface area contributed by atoms with Crippen molar-refractivity contribution in [3.63, 3.8) is 0 Å². The van der Waals surface area contributed by atoms with Crippen molar-refractivity contribution in [1.29, 1.82) is 0 Å². The van der Waals surface area contributed by atoms with Crippen LogP contribution < -0.4 is 0 Å². The molecule has 4 heteroatoms. The fourth-order valence-electron chi connectivity index (χ4n) is 2.30. The van der Waals surface area contributed by atoms with Gasteiger partial charge in [0, 0.05) is 38.4 Å². The molecule has 0 N–H and O–H groups in total. The van der Waals surface area contributed by atoms with E-state index in [1.807, 2.05) is 15.7 Å². The summed E-state index contributed by atoms with van der Waals surface area (Å²) in [6, 6.07) is 0. The SMILES string of the molecule is O=C(CCn1ccnc1)N1CCCCCCC1. The number of carbonyl (C=O) groups excluding carboxylic acids is 1. The molecule has 1 aliphatic heterocycles. The first-order chi connectivity index (χ1) is 8.36. The Morgan fingerprint density at radius 3 is 2.47 bits per heavy atom. The van der Waals surface area contributed by atoms with E-state index in [-0.39, 0.29) is 0 Å². The topological polar surface area (TPSA) is 38.1 Å². The Labute approximate surface area is 103 Å². The molecule has 0 aliphatic carbocycles. The quantitative estimate of drug-likeness (QED) is 0.804. The molecule has 0 aromatic carbocycles. The van der Waals surface area contributed by atoms with Crippen molar-refractivity contribution in [2.24, 2.45) is 0 Å². The first-order valence-corrected chi connectivity index (χ1v) is 6.60. The van der Waals surface area contributed by atoms with Gasteiger partial charge in [-0.05, 0) is 12.8 Å². The number of rotatable bonds is 3. The van der Waals surface area contributed by atoms with Crippen molar-refractivity contribution in [1.82, 2.24) is 14.5 Å². The Hall–Kier alpha value is -1.32. The first kappa shape index (κ1) is 12.1. The number of hydrogen-bond acceptors (Lipinski definition) is 2. The van der Waals surface area contributed by atoms with Crippen LogP contribution in [0.1, 0.15) is 38.5 Å². The third kappa shape index (κ3) is 3.88. The lowest BCUT2D eigenvalue weighted by molar-refractivity contribution is -0.131. The summed E-state index contributed by atoms with van der Waals surface area (Å²) in [5, 5.41) is 0. The molecule has 0 atom stereocenters. The van der Waals surface area contributed by atoms with E-state index in [9.17, 15) is 4.79 Å². The van der Waals surface area contributed by atoms with Crippen molar-refractivity contribution in [3.8, 4) is 0 Å². The van der Waals surface area contributed by atoms with E-state index >= 15 is 0 Å². The van der Waals surface area contributed by atoms with E-state index in [0.717, 1.165) is 32.5 Å². The van der Waals surface area contributed by atoms with E-state index in [1.54, 1.807) is 12.5 Å². The van der Waals surface area contributed by atoms with Crippen LogP contribution in [0.4, 0.5) is 0 Å². The largest absolute Gasteiger partial charge is 0.343 e. The maximum atomic E-state index is 12.1. The number of hydrogen-bond donors (Lipinski definition) is 0. The molecule has 0 unspecified atom stereocenters. The maximum absolute atomic E-state index is 12.1. The highest BCUT2D eigenvalue weighted by molar-refractivity contribution is 5.76. The van der Waals surface area contributed by atoms with Gasteiger partial charge in [0.15, 0.2) is 0 Å². The van der Waals surface area contributed by atoms with Gasteiger partial charge in [-0.3, -0.25) is 4.79 Å². The van der Waals surface area contributed by atoms with Crippen LogP contribution in [0.15, 0.2) is 18.7 Å². The van der Waals surface area contributed by atoms with Gasteiger partial charge < -0.3 is 9.47 Å². The molecule has 0 bridgehead atoms. The predicted octanol–water partition coefficient (Wildman–Crippen LogP) is 2.07. The molecule has 0 radical (unpaired) electrons. The van der Waals surface area contributed by atoms with E-state index < -0.39 is 0 Å². The third-order valence-electron chi connectivity index (χ3n) is 3.35. The van der Waals surface area contributed by atoms with Gasteiger partial charge in [0.25, 0.3) is 0 Å². The summed E-state index contributed by atoms with van der Waals surface area (Å²) >= 11 is 0. The molecule has 1 aromatic rings. The second kappa shape index (κ2) is 6.42. The summed E-state index contributed by atoms with van der Waals surface area (Å²) in [5.74, 6) is 0.292. The van der Waals surface area contributed by atoms with Gasteiger partial charge in [-0.25, -0.2) is 4.98 Å². The lowest BCUT2D eigenvalue weighted by Gasteiger charge is -2.24. The molecular weight excluding hydrogens is 214 g/mol. The second-order valence-electron chi connectivity index (χ2n) is 4.70. The molecule has 1 aliphatic rings. The van der Waals surface area contributed by atoms with Gasteiger partial charge in [0.1, 0.15) is 0 Å². The minimum atomic E-state index is 0.292. The molecule has 2 heterocycles. The minimum absolute atomic E-state index is 0.292. The Morgan fingerprint density at radius 2 is 1.82 bits per heavy atom. The molecule has 1 fully saturated rings. The minimum Gasteiger partial charge on any atom is -0.343 e. The predicted molar refractivity (Wildman–Crippen MR) is 66.5 cm³/mol. The zero-order valence-corrected chi connectivity index (χ0v) is 10.3. The molecule has 2 rings (SSSR count). The fourth-order valence-corrected chi connectivity index (χ4v) is 2.30. The molecule has 4 nitrogen and oxygen atoms in total. The molecule has 94 valence electrons.